The summed E-state index contributed by atoms with van der Waals surface area (Å²) in [6.07, 6.45) is 0.484. The van der Waals surface area contributed by atoms with Gasteiger partial charge in [-0.25, -0.2) is 4.79 Å². The van der Waals surface area contributed by atoms with Crippen molar-refractivity contribution >= 4 is 47.1 Å². The summed E-state index contributed by atoms with van der Waals surface area (Å²) in [5, 5.41) is 17.7. The lowest BCUT2D eigenvalue weighted by Crippen LogP contribution is -2.25. The molecule has 0 amide bonds. The summed E-state index contributed by atoms with van der Waals surface area (Å²) in [7, 11) is 3.05. The number of nitrogens with zero attached hydrogens (tertiary/aromatic N) is 3. The van der Waals surface area contributed by atoms with Gasteiger partial charge in [-0.1, -0.05) is 40.1 Å². The Bertz CT molecular complexity index is 855. The number of hydrogen-bond acceptors (Lipinski definition) is 7. The minimum absolute atomic E-state index is 0.272. The van der Waals surface area contributed by atoms with E-state index in [1.54, 1.807) is 31.6 Å². The minimum Gasteiger partial charge on any atom is -0.477 e. The second-order valence-corrected chi connectivity index (χ2v) is 7.12. The quantitative estimate of drug-likeness (QED) is 0.331. The summed E-state index contributed by atoms with van der Waals surface area (Å²) < 4.78 is 11.9. The zero-order valence-electron chi connectivity index (χ0n) is 14.5. The van der Waals surface area contributed by atoms with Gasteiger partial charge in [-0.05, 0) is 26.0 Å². The summed E-state index contributed by atoms with van der Waals surface area (Å²) in [6, 6.07) is 3.17. The number of esters is 1. The van der Waals surface area contributed by atoms with Crippen molar-refractivity contribution < 1.29 is 19.5 Å². The zero-order valence-corrected chi connectivity index (χ0v) is 16.8. The third kappa shape index (κ3) is 4.44. The van der Waals surface area contributed by atoms with Crippen LogP contribution in [0.3, 0.4) is 0 Å². The van der Waals surface area contributed by atoms with Crippen molar-refractivity contribution in [2.45, 2.75) is 29.9 Å². The number of carbonyl (C=O) groups is 1. The first-order valence-electron chi connectivity index (χ1n) is 7.40. The summed E-state index contributed by atoms with van der Waals surface area (Å²) in [6.45, 7) is 3.36. The first-order valence-corrected chi connectivity index (χ1v) is 8.98. The van der Waals surface area contributed by atoms with Crippen LogP contribution in [0.4, 0.5) is 0 Å². The van der Waals surface area contributed by atoms with Gasteiger partial charge in [-0.15, -0.1) is 0 Å². The fraction of sp³-hybridized carbons (Fsp3) is 0.312. The predicted octanol–water partition coefficient (Wildman–Crippen LogP) is 3.93. The molecule has 140 valence electrons. The molecule has 0 aliphatic rings. The summed E-state index contributed by atoms with van der Waals surface area (Å²) in [5.41, 5.74) is 1.37. The van der Waals surface area contributed by atoms with Crippen LogP contribution in [0.1, 0.15) is 18.2 Å². The van der Waals surface area contributed by atoms with Crippen LogP contribution in [0.5, 0.6) is 5.75 Å². The van der Waals surface area contributed by atoms with Gasteiger partial charge in [0.05, 0.1) is 34.6 Å². The number of oxime groups is 1. The van der Waals surface area contributed by atoms with Crippen molar-refractivity contribution in [3.63, 3.8) is 0 Å². The molecule has 1 aromatic heterocycles. The van der Waals surface area contributed by atoms with Gasteiger partial charge in [-0.2, -0.15) is 5.10 Å². The van der Waals surface area contributed by atoms with Crippen molar-refractivity contribution in [2.75, 3.05) is 7.11 Å². The lowest BCUT2D eigenvalue weighted by atomic mass is 10.3. The van der Waals surface area contributed by atoms with E-state index in [-0.39, 0.29) is 5.02 Å². The molecular weight excluding hydrogens is 401 g/mol. The molecule has 2 aromatic rings. The molecule has 1 N–H and O–H groups in total. The van der Waals surface area contributed by atoms with Crippen LogP contribution >= 0.6 is 35.0 Å². The molecule has 0 bridgehead atoms. The molecular formula is C16H17Cl2N3O4S. The molecule has 0 fully saturated rings. The fourth-order valence-corrected chi connectivity index (χ4v) is 3.73. The highest BCUT2D eigenvalue weighted by molar-refractivity contribution is 7.99. The Kier molecular flexibility index (Phi) is 6.80. The van der Waals surface area contributed by atoms with E-state index in [2.05, 4.69) is 15.0 Å². The van der Waals surface area contributed by atoms with Gasteiger partial charge in [0.25, 0.3) is 0 Å². The Morgan fingerprint density at radius 3 is 2.73 bits per heavy atom. The number of aryl methyl sites for hydroxylation is 2. The topological polar surface area (TPSA) is 85.9 Å². The molecule has 1 atom stereocenters. The standard InChI is InChI=1S/C16H17Cl2N3O4S/c1-8-10(7-19-23)15(21(3)20-8)26-14-6-13(11(17)5-12(14)18)25-9(2)16(22)24-4/h5-7,9,23H,1-4H3/b19-7-/t9-/m1/s1. The fourth-order valence-electron chi connectivity index (χ4n) is 2.17. The van der Waals surface area contributed by atoms with E-state index in [4.69, 9.17) is 33.1 Å². The van der Waals surface area contributed by atoms with E-state index in [0.717, 1.165) is 5.03 Å². The van der Waals surface area contributed by atoms with Crippen LogP contribution < -0.4 is 4.74 Å². The second kappa shape index (κ2) is 8.66. The van der Waals surface area contributed by atoms with Gasteiger partial charge in [0.1, 0.15) is 10.8 Å². The second-order valence-electron chi connectivity index (χ2n) is 5.27. The molecule has 10 heteroatoms. The molecule has 0 aliphatic heterocycles. The Labute approximate surface area is 164 Å². The van der Waals surface area contributed by atoms with E-state index in [0.29, 0.717) is 26.9 Å². The lowest BCUT2D eigenvalue weighted by Gasteiger charge is -2.15. The number of rotatable bonds is 6. The normalized spacial score (nSPS) is 12.4. The molecule has 26 heavy (non-hydrogen) atoms. The Morgan fingerprint density at radius 1 is 1.42 bits per heavy atom. The number of carbonyl (C=O) groups excluding carboxylic acids is 1. The molecule has 1 aromatic carbocycles. The number of halogens is 2. The molecule has 0 aliphatic carbocycles. The van der Waals surface area contributed by atoms with Crippen LogP contribution in [0, 0.1) is 6.92 Å². The van der Waals surface area contributed by atoms with E-state index < -0.39 is 12.1 Å². The van der Waals surface area contributed by atoms with Crippen LogP contribution in [0.2, 0.25) is 10.0 Å². The molecule has 1 heterocycles. The van der Waals surface area contributed by atoms with Gasteiger partial charge < -0.3 is 14.7 Å². The Morgan fingerprint density at radius 2 is 2.12 bits per heavy atom. The zero-order chi connectivity index (χ0) is 19.4. The highest BCUT2D eigenvalue weighted by atomic mass is 35.5. The van der Waals surface area contributed by atoms with Crippen molar-refractivity contribution in [1.82, 2.24) is 9.78 Å². The Balaban J connectivity index is 2.39. The maximum atomic E-state index is 11.6. The van der Waals surface area contributed by atoms with Crippen LogP contribution in [0.15, 0.2) is 27.2 Å². The van der Waals surface area contributed by atoms with Crippen LogP contribution in [-0.2, 0) is 16.6 Å². The van der Waals surface area contributed by atoms with Gasteiger partial charge in [-0.3, -0.25) is 4.68 Å². The highest BCUT2D eigenvalue weighted by Gasteiger charge is 2.20. The first kappa shape index (κ1) is 20.4. The molecule has 0 saturated carbocycles. The molecule has 7 nitrogen and oxygen atoms in total. The van der Waals surface area contributed by atoms with E-state index in [9.17, 15) is 4.79 Å². The molecule has 0 spiro atoms. The van der Waals surface area contributed by atoms with Crippen LogP contribution in [0.25, 0.3) is 0 Å². The number of hydrogen-bond donors (Lipinski definition) is 1. The summed E-state index contributed by atoms with van der Waals surface area (Å²) in [4.78, 5) is 12.2. The number of aromatic nitrogens is 2. The number of methoxy groups -OCH3 is 1. The average Bonchev–Trinajstić information content (AvgIpc) is 2.85. The third-order valence-corrected chi connectivity index (χ3v) is 5.39. The third-order valence-electron chi connectivity index (χ3n) is 3.43. The van der Waals surface area contributed by atoms with Crippen molar-refractivity contribution in [3.05, 3.63) is 33.4 Å². The van der Waals surface area contributed by atoms with E-state index in [1.165, 1.54) is 31.2 Å². The Hall–Kier alpha value is -1.90. The highest BCUT2D eigenvalue weighted by Crippen LogP contribution is 2.41. The maximum Gasteiger partial charge on any atom is 0.346 e. The van der Waals surface area contributed by atoms with Gasteiger partial charge in [0.15, 0.2) is 6.10 Å². The SMILES string of the molecule is COC(=O)[C@@H](C)Oc1cc(Sc2c(/C=N\O)c(C)nn2C)c(Cl)cc1Cl. The van der Waals surface area contributed by atoms with Gasteiger partial charge in [0, 0.05) is 11.9 Å². The van der Waals surface area contributed by atoms with Crippen molar-refractivity contribution in [2.24, 2.45) is 12.2 Å². The summed E-state index contributed by atoms with van der Waals surface area (Å²) in [5.74, 6) is -0.221. The summed E-state index contributed by atoms with van der Waals surface area (Å²) >= 11 is 13.8. The molecule has 0 unspecified atom stereocenters. The first-order chi connectivity index (χ1) is 12.3. The van der Waals surface area contributed by atoms with Crippen LogP contribution in [-0.4, -0.2) is 40.4 Å². The van der Waals surface area contributed by atoms with Crippen molar-refractivity contribution in [1.29, 1.82) is 0 Å². The van der Waals surface area contributed by atoms with E-state index >= 15 is 0 Å². The van der Waals surface area contributed by atoms with E-state index in [1.807, 2.05) is 0 Å². The molecule has 0 radical (unpaired) electrons. The monoisotopic (exact) mass is 417 g/mol. The maximum absolute atomic E-state index is 11.6. The van der Waals surface area contributed by atoms with Gasteiger partial charge in [0.2, 0.25) is 0 Å². The largest absolute Gasteiger partial charge is 0.477 e. The molecule has 2 rings (SSSR count). The minimum atomic E-state index is -0.826. The smallest absolute Gasteiger partial charge is 0.346 e. The number of ether oxygens (including phenoxy) is 2. The predicted molar refractivity (Wildman–Crippen MR) is 100 cm³/mol. The molecule has 0 saturated heterocycles. The van der Waals surface area contributed by atoms with Crippen molar-refractivity contribution in [3.8, 4) is 5.75 Å². The lowest BCUT2D eigenvalue weighted by molar-refractivity contribution is -0.147. The van der Waals surface area contributed by atoms with Gasteiger partial charge >= 0.3 is 5.97 Å². The average molecular weight is 418 g/mol. The number of benzene rings is 1.